The maximum Gasteiger partial charge on any atom is -0.0635 e. The summed E-state index contributed by atoms with van der Waals surface area (Å²) in [6, 6.07) is 23.4. The predicted molar refractivity (Wildman–Crippen MR) is 129 cm³/mol. The molecule has 0 saturated heterocycles. The van der Waals surface area contributed by atoms with Gasteiger partial charge >= 0.3 is 43.0 Å². The number of benzene rings is 2. The molecule has 0 nitrogen and oxygen atoms in total. The summed E-state index contributed by atoms with van der Waals surface area (Å²) < 4.78 is 0. The largest absolute Gasteiger partial charge is 0.145 e. The average molecular weight is 578 g/mol. The number of halogens is 2. The smallest absolute Gasteiger partial charge is 0.0635 e. The fraction of sp³-hybridized carbons (Fsp3) is 0.200. The van der Waals surface area contributed by atoms with Crippen LogP contribution in [-0.4, -0.2) is 0 Å². The SMILES string of the molecule is Cc1c(C)c(C)[c-](C)c1C.[Br][Zr+2][Br].c1ccc(-c2cc3ccccc3[cH-]2)cc1. The molecule has 4 rings (SSSR count). The minimum Gasteiger partial charge on any atom is -0.145 e. The van der Waals surface area contributed by atoms with Gasteiger partial charge in [-0.25, -0.2) is 0 Å². The van der Waals surface area contributed by atoms with Crippen molar-refractivity contribution in [2.24, 2.45) is 0 Å². The first kappa shape index (κ1) is 23.5. The van der Waals surface area contributed by atoms with Crippen molar-refractivity contribution in [1.29, 1.82) is 0 Å². The summed E-state index contributed by atoms with van der Waals surface area (Å²) in [5.41, 5.74) is 9.93. The number of fused-ring (bicyclic) bond motifs is 1. The molecule has 0 fully saturated rings. The zero-order valence-electron chi connectivity index (χ0n) is 17.1. The van der Waals surface area contributed by atoms with Crippen molar-refractivity contribution in [2.75, 3.05) is 0 Å². The molecular formula is C25H26Br2Zr. The van der Waals surface area contributed by atoms with Crippen LogP contribution in [0, 0.1) is 34.6 Å². The average Bonchev–Trinajstić information content (AvgIpc) is 3.23. The quantitative estimate of drug-likeness (QED) is 0.198. The molecule has 0 aliphatic carbocycles. The second kappa shape index (κ2) is 11.4. The number of hydrogen-bond donors (Lipinski definition) is 0. The third-order valence-corrected chi connectivity index (χ3v) is 5.54. The second-order valence-electron chi connectivity index (χ2n) is 6.94. The standard InChI is InChI=1S/C15H11.C10H15.2BrH.Zr/c1-2-6-12(7-3-1)15-10-13-8-4-5-9-14(13)11-15;1-6-7(2)9(4)10(5)8(6)3;;;/h1-11H;1-5H3;2*1H;/q2*-1;;;+4/p-2. The van der Waals surface area contributed by atoms with Crippen LogP contribution in [0.1, 0.15) is 27.8 Å². The van der Waals surface area contributed by atoms with Crippen LogP contribution < -0.4 is 0 Å². The molecule has 0 aliphatic rings. The van der Waals surface area contributed by atoms with E-state index in [1.807, 2.05) is 6.07 Å². The summed E-state index contributed by atoms with van der Waals surface area (Å²) in [5, 5.41) is 2.63. The molecule has 0 unspecified atom stereocenters. The van der Waals surface area contributed by atoms with Gasteiger partial charge in [0.05, 0.1) is 0 Å². The molecular weight excluding hydrogens is 551 g/mol. The minimum absolute atomic E-state index is 0.145. The fourth-order valence-electron chi connectivity index (χ4n) is 3.35. The molecule has 0 aliphatic heterocycles. The van der Waals surface area contributed by atoms with E-state index in [1.165, 1.54) is 49.7 Å². The summed E-state index contributed by atoms with van der Waals surface area (Å²) in [4.78, 5) is 0. The maximum absolute atomic E-state index is 3.23. The van der Waals surface area contributed by atoms with E-state index in [2.05, 4.69) is 120 Å². The Hall–Kier alpha value is -0.757. The Labute approximate surface area is 192 Å². The molecule has 0 atom stereocenters. The molecule has 0 saturated carbocycles. The molecule has 144 valence electrons. The van der Waals surface area contributed by atoms with Crippen molar-refractivity contribution in [2.45, 2.75) is 34.6 Å². The van der Waals surface area contributed by atoms with Crippen molar-refractivity contribution >= 4 is 35.2 Å². The van der Waals surface area contributed by atoms with Gasteiger partial charge < -0.3 is 0 Å². The van der Waals surface area contributed by atoms with Crippen LogP contribution in [0.5, 0.6) is 0 Å². The van der Waals surface area contributed by atoms with Crippen LogP contribution in [0.25, 0.3) is 21.9 Å². The molecule has 0 aromatic heterocycles. The third kappa shape index (κ3) is 5.88. The summed E-state index contributed by atoms with van der Waals surface area (Å²) in [5.74, 6) is 0. The van der Waals surface area contributed by atoms with Crippen LogP contribution in [0.2, 0.25) is 0 Å². The molecule has 28 heavy (non-hydrogen) atoms. The summed E-state index contributed by atoms with van der Waals surface area (Å²) in [6.07, 6.45) is 0. The first-order valence-electron chi connectivity index (χ1n) is 9.27. The number of hydrogen-bond acceptors (Lipinski definition) is 0. The summed E-state index contributed by atoms with van der Waals surface area (Å²) >= 11 is 6.32. The Kier molecular flexibility index (Phi) is 9.61. The second-order valence-corrected chi connectivity index (χ2v) is 18.3. The maximum atomic E-state index is 3.23. The van der Waals surface area contributed by atoms with Gasteiger partial charge in [-0.2, -0.15) is 27.8 Å². The van der Waals surface area contributed by atoms with Gasteiger partial charge in [-0.3, -0.25) is 0 Å². The molecule has 0 N–H and O–H groups in total. The topological polar surface area (TPSA) is 0 Å². The van der Waals surface area contributed by atoms with E-state index in [9.17, 15) is 0 Å². The normalized spacial score (nSPS) is 9.82. The summed E-state index contributed by atoms with van der Waals surface area (Å²) in [6.45, 7) is 11.0. The van der Waals surface area contributed by atoms with Crippen LogP contribution in [0.15, 0.2) is 66.7 Å². The monoisotopic (exact) mass is 574 g/mol. The predicted octanol–water partition coefficient (Wildman–Crippen LogP) is 8.86. The Balaban J connectivity index is 0.000000188. The first-order valence-corrected chi connectivity index (χ1v) is 20.5. The van der Waals surface area contributed by atoms with Gasteiger partial charge in [0.25, 0.3) is 0 Å². The van der Waals surface area contributed by atoms with E-state index in [1.54, 1.807) is 0 Å². The van der Waals surface area contributed by atoms with Gasteiger partial charge in [0.15, 0.2) is 0 Å². The minimum atomic E-state index is -0.145. The molecule has 0 bridgehead atoms. The molecule has 4 aromatic rings. The summed E-state index contributed by atoms with van der Waals surface area (Å²) in [7, 11) is 0. The Morgan fingerprint density at radius 2 is 1.29 bits per heavy atom. The molecule has 4 aromatic carbocycles. The van der Waals surface area contributed by atoms with Gasteiger partial charge in [-0.15, -0.1) is 34.5 Å². The molecule has 0 heterocycles. The Bertz CT molecular complexity index is 897. The molecule has 3 heteroatoms. The van der Waals surface area contributed by atoms with Crippen molar-refractivity contribution in [1.82, 2.24) is 0 Å². The van der Waals surface area contributed by atoms with E-state index in [-0.39, 0.29) is 18.5 Å². The van der Waals surface area contributed by atoms with E-state index in [0.717, 1.165) is 0 Å². The van der Waals surface area contributed by atoms with Gasteiger partial charge in [-0.1, -0.05) is 88.7 Å². The van der Waals surface area contributed by atoms with E-state index in [4.69, 9.17) is 0 Å². The zero-order chi connectivity index (χ0) is 20.7. The zero-order valence-corrected chi connectivity index (χ0v) is 22.7. The number of rotatable bonds is 1. The van der Waals surface area contributed by atoms with Gasteiger partial charge in [0, 0.05) is 0 Å². The van der Waals surface area contributed by atoms with Gasteiger partial charge in [0.2, 0.25) is 0 Å². The van der Waals surface area contributed by atoms with Crippen molar-refractivity contribution < 1.29 is 18.5 Å². The van der Waals surface area contributed by atoms with Crippen molar-refractivity contribution in [3.8, 4) is 11.1 Å². The fourth-order valence-corrected chi connectivity index (χ4v) is 3.35. The Morgan fingerprint density at radius 1 is 0.786 bits per heavy atom. The Morgan fingerprint density at radius 3 is 1.75 bits per heavy atom. The molecule has 0 radical (unpaired) electrons. The van der Waals surface area contributed by atoms with Crippen LogP contribution in [0.4, 0.5) is 0 Å². The van der Waals surface area contributed by atoms with E-state index < -0.39 is 0 Å². The van der Waals surface area contributed by atoms with Crippen LogP contribution >= 0.6 is 24.4 Å². The van der Waals surface area contributed by atoms with Crippen molar-refractivity contribution in [3.05, 3.63) is 94.5 Å². The first-order chi connectivity index (χ1) is 13.4. The molecule has 0 spiro atoms. The van der Waals surface area contributed by atoms with E-state index >= 15 is 0 Å². The van der Waals surface area contributed by atoms with Gasteiger partial charge in [-0.05, 0) is 0 Å². The van der Waals surface area contributed by atoms with Crippen molar-refractivity contribution in [3.63, 3.8) is 0 Å². The van der Waals surface area contributed by atoms with Crippen LogP contribution in [0.3, 0.4) is 0 Å². The molecule has 0 amide bonds. The third-order valence-electron chi connectivity index (χ3n) is 5.54. The van der Waals surface area contributed by atoms with Crippen LogP contribution in [-0.2, 0) is 18.5 Å². The van der Waals surface area contributed by atoms with E-state index in [0.29, 0.717) is 0 Å². The van der Waals surface area contributed by atoms with Gasteiger partial charge in [0.1, 0.15) is 0 Å².